The molecule has 0 N–H and O–H groups in total. The Morgan fingerprint density at radius 1 is 1.04 bits per heavy atom. The molecule has 27 heavy (non-hydrogen) atoms. The number of hydrogen-bond donors (Lipinski definition) is 0. The predicted molar refractivity (Wildman–Crippen MR) is 100 cm³/mol. The molecular formula is C15H22N2O7S3. The van der Waals surface area contributed by atoms with Gasteiger partial charge in [-0.15, -0.1) is 4.79 Å². The lowest BCUT2D eigenvalue weighted by Crippen LogP contribution is -2.39. The molecule has 152 valence electrons. The van der Waals surface area contributed by atoms with Gasteiger partial charge in [-0.05, 0) is 51.5 Å². The molecule has 0 aliphatic heterocycles. The van der Waals surface area contributed by atoms with Crippen LogP contribution in [-0.4, -0.2) is 44.9 Å². The first-order valence-corrected chi connectivity index (χ1v) is 12.5. The molecule has 0 aromatic heterocycles. The number of hydrogen-bond acceptors (Lipinski definition) is 7. The van der Waals surface area contributed by atoms with Gasteiger partial charge in [0, 0.05) is 0 Å². The van der Waals surface area contributed by atoms with Crippen molar-refractivity contribution in [3.05, 3.63) is 29.8 Å². The van der Waals surface area contributed by atoms with Gasteiger partial charge < -0.3 is 9.71 Å². The molecule has 0 fully saturated rings. The van der Waals surface area contributed by atoms with E-state index in [1.807, 2.05) is 6.92 Å². The second-order valence-corrected chi connectivity index (χ2v) is 13.1. The van der Waals surface area contributed by atoms with Gasteiger partial charge in [0.25, 0.3) is 19.7 Å². The van der Waals surface area contributed by atoms with Gasteiger partial charge in [0.15, 0.2) is 0 Å². The molecule has 1 aromatic rings. The van der Waals surface area contributed by atoms with Crippen molar-refractivity contribution < 1.29 is 34.2 Å². The van der Waals surface area contributed by atoms with Crippen molar-refractivity contribution in [3.8, 4) is 5.75 Å². The van der Waals surface area contributed by atoms with Crippen LogP contribution in [0.2, 0.25) is 0 Å². The highest BCUT2D eigenvalue weighted by Gasteiger charge is 2.49. The number of nitrogens with zero attached hydrogens (tertiary/aromatic N) is 2. The molecule has 0 saturated carbocycles. The molecule has 1 rings (SSSR count). The molecule has 0 unspecified atom stereocenters. The second-order valence-electron chi connectivity index (χ2n) is 6.66. The van der Waals surface area contributed by atoms with Gasteiger partial charge in [0.05, 0.1) is 15.4 Å². The maximum absolute atomic E-state index is 12.6. The summed E-state index contributed by atoms with van der Waals surface area (Å²) in [5, 5.41) is 0. The molecule has 12 heteroatoms. The van der Waals surface area contributed by atoms with Crippen molar-refractivity contribution in [3.63, 3.8) is 0 Å². The van der Waals surface area contributed by atoms with Crippen LogP contribution < -0.4 is 4.18 Å². The topological polar surface area (TPSA) is 148 Å². The van der Waals surface area contributed by atoms with Crippen LogP contribution in [0.25, 0.3) is 5.53 Å². The molecule has 0 spiro atoms. The maximum atomic E-state index is 12.6. The Labute approximate surface area is 159 Å². The molecular weight excluding hydrogens is 416 g/mol. The van der Waals surface area contributed by atoms with E-state index in [9.17, 15) is 25.3 Å². The van der Waals surface area contributed by atoms with Crippen LogP contribution in [0.3, 0.4) is 0 Å². The van der Waals surface area contributed by atoms with Crippen molar-refractivity contribution in [1.29, 1.82) is 0 Å². The van der Waals surface area contributed by atoms with Crippen LogP contribution in [0.5, 0.6) is 5.75 Å². The van der Waals surface area contributed by atoms with E-state index in [0.717, 1.165) is 24.3 Å². The summed E-state index contributed by atoms with van der Waals surface area (Å²) in [4.78, 5) is 2.02. The molecule has 1 aromatic carbocycles. The van der Waals surface area contributed by atoms with Gasteiger partial charge in [-0.2, -0.15) is 8.42 Å². The summed E-state index contributed by atoms with van der Waals surface area (Å²) in [6.45, 7) is 5.62. The first-order chi connectivity index (χ1) is 12.2. The van der Waals surface area contributed by atoms with Crippen molar-refractivity contribution in [2.24, 2.45) is 0 Å². The Balaban J connectivity index is 3.26. The van der Waals surface area contributed by atoms with Gasteiger partial charge >= 0.3 is 14.5 Å². The molecule has 0 saturated heterocycles. The fraction of sp³-hybridized carbons (Fsp3) is 0.533. The molecule has 0 aliphatic carbocycles. The van der Waals surface area contributed by atoms with E-state index in [2.05, 4.69) is 4.79 Å². The summed E-state index contributed by atoms with van der Waals surface area (Å²) in [6.07, 6.45) is 1.07. The summed E-state index contributed by atoms with van der Waals surface area (Å²) in [6, 6.07) is 4.11. The minimum atomic E-state index is -4.66. The molecule has 0 heterocycles. The average Bonchev–Trinajstić information content (AvgIpc) is 2.52. The van der Waals surface area contributed by atoms with Crippen LogP contribution in [-0.2, 0) is 29.8 Å². The van der Waals surface area contributed by atoms with Gasteiger partial charge in [-0.25, -0.2) is 16.8 Å². The highest BCUT2D eigenvalue weighted by atomic mass is 32.3. The Morgan fingerprint density at radius 3 is 1.96 bits per heavy atom. The summed E-state index contributed by atoms with van der Waals surface area (Å²) >= 11 is 0. The minimum Gasteiger partial charge on any atom is -0.382 e. The molecule has 0 amide bonds. The summed E-state index contributed by atoms with van der Waals surface area (Å²) in [5.41, 5.74) is 9.04. The zero-order valence-corrected chi connectivity index (χ0v) is 17.9. The summed E-state index contributed by atoms with van der Waals surface area (Å²) < 4.78 is 75.4. The average molecular weight is 439 g/mol. The Morgan fingerprint density at radius 2 is 1.56 bits per heavy atom. The van der Waals surface area contributed by atoms with Crippen LogP contribution >= 0.6 is 0 Å². The van der Waals surface area contributed by atoms with Crippen molar-refractivity contribution in [2.45, 2.75) is 50.2 Å². The molecule has 0 bridgehead atoms. The van der Waals surface area contributed by atoms with Crippen molar-refractivity contribution in [1.82, 2.24) is 0 Å². The Bertz CT molecular complexity index is 1040. The van der Waals surface area contributed by atoms with Crippen LogP contribution in [0.15, 0.2) is 29.2 Å². The van der Waals surface area contributed by atoms with E-state index in [-0.39, 0.29) is 11.5 Å². The summed E-state index contributed by atoms with van der Waals surface area (Å²) in [7, 11) is -12.9. The second kappa shape index (κ2) is 8.09. The van der Waals surface area contributed by atoms with Gasteiger partial charge in [0.2, 0.25) is 0 Å². The monoisotopic (exact) mass is 438 g/mol. The van der Waals surface area contributed by atoms with Gasteiger partial charge in [-0.1, -0.05) is 13.3 Å². The van der Waals surface area contributed by atoms with Crippen molar-refractivity contribution >= 4 is 34.2 Å². The third-order valence-electron chi connectivity index (χ3n) is 3.45. The van der Waals surface area contributed by atoms with E-state index in [0.29, 0.717) is 12.8 Å². The zero-order chi connectivity index (χ0) is 21.1. The highest BCUT2D eigenvalue weighted by Crippen LogP contribution is 2.25. The maximum Gasteiger partial charge on any atom is 0.500 e. The van der Waals surface area contributed by atoms with Crippen molar-refractivity contribution in [2.75, 3.05) is 5.75 Å². The van der Waals surface area contributed by atoms with Crippen LogP contribution in [0.4, 0.5) is 0 Å². The lowest BCUT2D eigenvalue weighted by molar-refractivity contribution is 0.00366. The molecule has 0 aliphatic rings. The lowest BCUT2D eigenvalue weighted by Gasteiger charge is -2.15. The highest BCUT2D eigenvalue weighted by molar-refractivity contribution is 8.31. The Kier molecular flexibility index (Phi) is 6.98. The minimum absolute atomic E-state index is 0.119. The third-order valence-corrected chi connectivity index (χ3v) is 9.59. The first-order valence-electron chi connectivity index (χ1n) is 7.93. The smallest absolute Gasteiger partial charge is 0.382 e. The number of rotatable bonds is 6. The zero-order valence-electron chi connectivity index (χ0n) is 15.4. The first kappa shape index (κ1) is 23.3. The fourth-order valence-corrected chi connectivity index (χ4v) is 6.56. The van der Waals surface area contributed by atoms with Gasteiger partial charge in [-0.3, -0.25) is 0 Å². The molecule has 9 nitrogen and oxygen atoms in total. The normalized spacial score (nSPS) is 13.0. The van der Waals surface area contributed by atoms with E-state index in [1.54, 1.807) is 0 Å². The van der Waals surface area contributed by atoms with Crippen LogP contribution in [0, 0.1) is 0 Å². The quantitative estimate of drug-likeness (QED) is 0.216. The summed E-state index contributed by atoms with van der Waals surface area (Å²) in [5.74, 6) is -0.305. The predicted octanol–water partition coefficient (Wildman–Crippen LogP) is 1.77. The van der Waals surface area contributed by atoms with Crippen LogP contribution in [0.1, 0.15) is 40.5 Å². The largest absolute Gasteiger partial charge is 0.500 e. The number of benzene rings is 1. The van der Waals surface area contributed by atoms with Gasteiger partial charge in [0.1, 0.15) is 5.75 Å². The van der Waals surface area contributed by atoms with E-state index in [4.69, 9.17) is 9.71 Å². The van der Waals surface area contributed by atoms with E-state index >= 15 is 0 Å². The molecule has 0 atom stereocenters. The standard InChI is InChI=1S/C15H22N2O7S3/c1-5-6-11-25(18,19)24-12-7-9-13(10-8-12)26(20,21)14(17-16)27(22,23)15(2,3)4/h7-10H,5-6,11H2,1-4H3. The Hall–Kier alpha value is -1.75. The van der Waals surface area contributed by atoms with E-state index in [1.165, 1.54) is 20.8 Å². The number of sulfone groups is 2. The molecule has 0 radical (unpaired) electrons. The van der Waals surface area contributed by atoms with E-state index < -0.39 is 43.8 Å². The lowest BCUT2D eigenvalue weighted by atomic mass is 10.3. The fourth-order valence-electron chi connectivity index (χ4n) is 1.80. The number of unbranched alkanes of at least 4 members (excludes halogenated alkanes) is 1. The SMILES string of the molecule is CCCCS(=O)(=O)Oc1ccc(S(=O)(=O)C(=[N+]=[N-])S(=O)(=O)C(C)(C)C)cc1. The third kappa shape index (κ3) is 5.38.